The van der Waals surface area contributed by atoms with Gasteiger partial charge in [-0.2, -0.15) is 0 Å². The SMILES string of the molecule is CCC(F)(F)c1cc(Br)c(F)cc1O[C@@H](CF)COC(C)=O. The van der Waals surface area contributed by atoms with Crippen LogP contribution in [0.4, 0.5) is 17.6 Å². The minimum atomic E-state index is -3.27. The third kappa shape index (κ3) is 4.86. The third-order valence-electron chi connectivity index (χ3n) is 2.80. The zero-order valence-electron chi connectivity index (χ0n) is 12.0. The van der Waals surface area contributed by atoms with Gasteiger partial charge in [-0.25, -0.2) is 17.6 Å². The number of ether oxygens (including phenoxy) is 2. The van der Waals surface area contributed by atoms with Crippen LogP contribution in [0, 0.1) is 5.82 Å². The lowest BCUT2D eigenvalue weighted by Crippen LogP contribution is -2.28. The first kappa shape index (κ1) is 18.7. The summed E-state index contributed by atoms with van der Waals surface area (Å²) in [5.74, 6) is -5.24. The Bertz CT molecular complexity index is 537. The van der Waals surface area contributed by atoms with Gasteiger partial charge in [0.2, 0.25) is 0 Å². The van der Waals surface area contributed by atoms with Crippen LogP contribution < -0.4 is 4.74 Å². The summed E-state index contributed by atoms with van der Waals surface area (Å²) in [6, 6.07) is 1.65. The third-order valence-corrected chi connectivity index (χ3v) is 3.41. The Labute approximate surface area is 133 Å². The van der Waals surface area contributed by atoms with E-state index >= 15 is 0 Å². The normalized spacial score (nSPS) is 12.9. The van der Waals surface area contributed by atoms with Crippen molar-refractivity contribution in [3.05, 3.63) is 28.0 Å². The van der Waals surface area contributed by atoms with Crippen LogP contribution in [-0.4, -0.2) is 25.4 Å². The molecule has 0 aromatic heterocycles. The van der Waals surface area contributed by atoms with Gasteiger partial charge in [-0.1, -0.05) is 6.92 Å². The molecule has 1 aromatic carbocycles. The molecule has 0 radical (unpaired) electrons. The summed E-state index contributed by atoms with van der Waals surface area (Å²) >= 11 is 2.83. The largest absolute Gasteiger partial charge is 0.483 e. The molecule has 0 aliphatic rings. The molecule has 0 fully saturated rings. The van der Waals surface area contributed by atoms with Crippen LogP contribution in [0.3, 0.4) is 0 Å². The van der Waals surface area contributed by atoms with Crippen molar-refractivity contribution in [3.8, 4) is 5.75 Å². The van der Waals surface area contributed by atoms with Crippen molar-refractivity contribution in [2.45, 2.75) is 32.3 Å². The quantitative estimate of drug-likeness (QED) is 0.515. The molecule has 0 saturated carbocycles. The fourth-order valence-electron chi connectivity index (χ4n) is 1.60. The number of carbonyl (C=O) groups excluding carboxylic acids is 1. The highest BCUT2D eigenvalue weighted by molar-refractivity contribution is 9.10. The maximum Gasteiger partial charge on any atom is 0.302 e. The molecule has 22 heavy (non-hydrogen) atoms. The molecule has 1 atom stereocenters. The molecule has 0 N–H and O–H groups in total. The van der Waals surface area contributed by atoms with Crippen LogP contribution in [0.15, 0.2) is 16.6 Å². The van der Waals surface area contributed by atoms with E-state index in [0.29, 0.717) is 0 Å². The highest BCUT2D eigenvalue weighted by Crippen LogP contribution is 2.40. The first-order valence-corrected chi connectivity index (χ1v) is 7.23. The Hall–Kier alpha value is -1.31. The average Bonchev–Trinajstić information content (AvgIpc) is 2.46. The second kappa shape index (κ2) is 7.80. The van der Waals surface area contributed by atoms with E-state index in [9.17, 15) is 22.4 Å². The highest BCUT2D eigenvalue weighted by Gasteiger charge is 2.34. The second-order valence-corrected chi connectivity index (χ2v) is 5.37. The Kier molecular flexibility index (Phi) is 6.65. The fraction of sp³-hybridized carbons (Fsp3) is 0.500. The summed E-state index contributed by atoms with van der Waals surface area (Å²) in [4.78, 5) is 10.7. The van der Waals surface area contributed by atoms with E-state index < -0.39 is 54.8 Å². The van der Waals surface area contributed by atoms with Crippen molar-refractivity contribution in [3.63, 3.8) is 0 Å². The fourth-order valence-corrected chi connectivity index (χ4v) is 1.95. The lowest BCUT2D eigenvalue weighted by Gasteiger charge is -2.22. The number of esters is 1. The molecular formula is C14H15BrF4O3. The predicted molar refractivity (Wildman–Crippen MR) is 75.3 cm³/mol. The molecule has 0 aliphatic heterocycles. The van der Waals surface area contributed by atoms with E-state index in [-0.39, 0.29) is 4.47 Å². The predicted octanol–water partition coefficient (Wildman–Crippen LogP) is 4.37. The number of benzene rings is 1. The minimum Gasteiger partial charge on any atom is -0.483 e. The van der Waals surface area contributed by atoms with E-state index in [2.05, 4.69) is 20.7 Å². The van der Waals surface area contributed by atoms with Gasteiger partial charge in [0.15, 0.2) is 6.10 Å². The van der Waals surface area contributed by atoms with Crippen molar-refractivity contribution in [2.24, 2.45) is 0 Å². The van der Waals surface area contributed by atoms with Gasteiger partial charge in [0.05, 0.1) is 10.0 Å². The maximum absolute atomic E-state index is 13.9. The van der Waals surface area contributed by atoms with Gasteiger partial charge in [-0.15, -0.1) is 0 Å². The Balaban J connectivity index is 3.10. The summed E-state index contributed by atoms with van der Waals surface area (Å²) in [6.45, 7) is 0.834. The minimum absolute atomic E-state index is 0.153. The van der Waals surface area contributed by atoms with Crippen LogP contribution in [0.25, 0.3) is 0 Å². The molecule has 0 aliphatic carbocycles. The molecule has 1 rings (SSSR count). The molecule has 3 nitrogen and oxygen atoms in total. The first-order chi connectivity index (χ1) is 10.2. The summed E-state index contributed by atoms with van der Waals surface area (Å²) in [6.07, 6.45) is -1.83. The lowest BCUT2D eigenvalue weighted by atomic mass is 10.0. The molecule has 124 valence electrons. The van der Waals surface area contributed by atoms with Crippen molar-refractivity contribution in [1.82, 2.24) is 0 Å². The number of hydrogen-bond donors (Lipinski definition) is 0. The number of rotatable bonds is 7. The number of alkyl halides is 3. The molecule has 0 heterocycles. The van der Waals surface area contributed by atoms with Crippen molar-refractivity contribution < 1.29 is 31.8 Å². The van der Waals surface area contributed by atoms with E-state index in [4.69, 9.17) is 4.74 Å². The molecule has 8 heteroatoms. The molecule has 1 aromatic rings. The van der Waals surface area contributed by atoms with Crippen LogP contribution >= 0.6 is 15.9 Å². The van der Waals surface area contributed by atoms with Gasteiger partial charge in [0.1, 0.15) is 24.8 Å². The molecule has 0 saturated heterocycles. The van der Waals surface area contributed by atoms with E-state index in [1.165, 1.54) is 6.92 Å². The van der Waals surface area contributed by atoms with Gasteiger partial charge in [0.25, 0.3) is 5.92 Å². The van der Waals surface area contributed by atoms with E-state index in [0.717, 1.165) is 19.1 Å². The summed E-state index contributed by atoms with van der Waals surface area (Å²) in [5, 5.41) is 0. The highest BCUT2D eigenvalue weighted by atomic mass is 79.9. The summed E-state index contributed by atoms with van der Waals surface area (Å²) in [5.41, 5.74) is -0.565. The summed E-state index contributed by atoms with van der Waals surface area (Å²) < 4.78 is 63.8. The maximum atomic E-state index is 13.9. The van der Waals surface area contributed by atoms with Crippen LogP contribution in [0.1, 0.15) is 25.8 Å². The zero-order chi connectivity index (χ0) is 16.9. The van der Waals surface area contributed by atoms with Crippen molar-refractivity contribution in [1.29, 1.82) is 0 Å². The smallest absolute Gasteiger partial charge is 0.302 e. The average molecular weight is 387 g/mol. The van der Waals surface area contributed by atoms with Crippen molar-refractivity contribution >= 4 is 21.9 Å². The zero-order valence-corrected chi connectivity index (χ0v) is 13.6. The molecule has 0 unspecified atom stereocenters. The lowest BCUT2D eigenvalue weighted by molar-refractivity contribution is -0.143. The van der Waals surface area contributed by atoms with Gasteiger partial charge >= 0.3 is 5.97 Å². The second-order valence-electron chi connectivity index (χ2n) is 4.52. The molecule has 0 spiro atoms. The van der Waals surface area contributed by atoms with Gasteiger partial charge in [-0.05, 0) is 22.0 Å². The standard InChI is InChI=1S/C14H15BrF4O3/c1-3-14(18,19)10-4-11(15)12(17)5-13(10)22-9(6-16)7-21-8(2)20/h4-5,9H,3,6-7H2,1-2H3/t9-/m0/s1. The first-order valence-electron chi connectivity index (χ1n) is 6.44. The molecule has 0 amide bonds. The molecular weight excluding hydrogens is 372 g/mol. The monoisotopic (exact) mass is 386 g/mol. The van der Waals surface area contributed by atoms with Crippen molar-refractivity contribution in [2.75, 3.05) is 13.3 Å². The van der Waals surface area contributed by atoms with E-state index in [1.54, 1.807) is 0 Å². The number of carbonyl (C=O) groups is 1. The number of hydrogen-bond acceptors (Lipinski definition) is 3. The Morgan fingerprint density at radius 1 is 1.41 bits per heavy atom. The topological polar surface area (TPSA) is 35.5 Å². The van der Waals surface area contributed by atoms with E-state index in [1.807, 2.05) is 0 Å². The van der Waals surface area contributed by atoms with Gasteiger partial charge in [-0.3, -0.25) is 4.79 Å². The molecule has 0 bridgehead atoms. The van der Waals surface area contributed by atoms with Crippen LogP contribution in [0.5, 0.6) is 5.75 Å². The Morgan fingerprint density at radius 2 is 2.05 bits per heavy atom. The number of halogens is 5. The van der Waals surface area contributed by atoms with Gasteiger partial charge in [0, 0.05) is 19.4 Å². The summed E-state index contributed by atoms with van der Waals surface area (Å²) in [7, 11) is 0. The van der Waals surface area contributed by atoms with Gasteiger partial charge < -0.3 is 9.47 Å². The Morgan fingerprint density at radius 3 is 2.55 bits per heavy atom. The van der Waals surface area contributed by atoms with Crippen LogP contribution in [-0.2, 0) is 15.5 Å². The van der Waals surface area contributed by atoms with Crippen LogP contribution in [0.2, 0.25) is 0 Å².